The van der Waals surface area contributed by atoms with Gasteiger partial charge >= 0.3 is 5.97 Å². The molecule has 0 aromatic carbocycles. The largest absolute Gasteiger partial charge is 0.477 e. The number of aliphatic hydroxyl groups is 5. The van der Waals surface area contributed by atoms with E-state index >= 15 is 0 Å². The van der Waals surface area contributed by atoms with Crippen molar-refractivity contribution in [1.82, 2.24) is 5.32 Å². The summed E-state index contributed by atoms with van der Waals surface area (Å²) >= 11 is 0. The van der Waals surface area contributed by atoms with Crippen LogP contribution in [0.3, 0.4) is 0 Å². The summed E-state index contributed by atoms with van der Waals surface area (Å²) in [7, 11) is 0. The van der Waals surface area contributed by atoms with Gasteiger partial charge in [0.1, 0.15) is 18.3 Å². The number of nitrogens with one attached hydrogen (secondary N) is 1. The lowest BCUT2D eigenvalue weighted by Crippen LogP contribution is -2.58. The first-order valence-electron chi connectivity index (χ1n) is 6.18. The topological polar surface area (TPSA) is 177 Å². The molecule has 0 aromatic rings. The highest BCUT2D eigenvalue weighted by Gasteiger charge is 2.54. The van der Waals surface area contributed by atoms with Gasteiger partial charge in [-0.15, -0.1) is 0 Å². The van der Waals surface area contributed by atoms with Crippen molar-refractivity contribution in [2.24, 2.45) is 0 Å². The molecule has 21 heavy (non-hydrogen) atoms. The summed E-state index contributed by atoms with van der Waals surface area (Å²) in [4.78, 5) is 22.0. The van der Waals surface area contributed by atoms with Crippen LogP contribution in [0.15, 0.2) is 0 Å². The number of aliphatic hydroxyl groups excluding tert-OH is 4. The maximum absolute atomic E-state index is 11.1. The van der Waals surface area contributed by atoms with Crippen molar-refractivity contribution >= 4 is 11.9 Å². The summed E-state index contributed by atoms with van der Waals surface area (Å²) in [5.41, 5.74) is 0. The predicted octanol–water partition coefficient (Wildman–Crippen LogP) is -3.87. The molecule has 0 bridgehead atoms. The second-order valence-electron chi connectivity index (χ2n) is 4.91. The predicted molar refractivity (Wildman–Crippen MR) is 64.8 cm³/mol. The van der Waals surface area contributed by atoms with E-state index in [2.05, 4.69) is 5.32 Å². The Kier molecular flexibility index (Phi) is 5.61. The van der Waals surface area contributed by atoms with Crippen molar-refractivity contribution in [3.8, 4) is 0 Å². The maximum Gasteiger partial charge on any atom is 0.364 e. The van der Waals surface area contributed by atoms with Crippen LogP contribution in [0.25, 0.3) is 0 Å². The van der Waals surface area contributed by atoms with Crippen LogP contribution in [0.5, 0.6) is 0 Å². The van der Waals surface area contributed by atoms with E-state index in [0.29, 0.717) is 0 Å². The van der Waals surface area contributed by atoms with Crippen LogP contribution >= 0.6 is 0 Å². The zero-order chi connectivity index (χ0) is 16.4. The Morgan fingerprint density at radius 2 is 2.00 bits per heavy atom. The summed E-state index contributed by atoms with van der Waals surface area (Å²) in [6.45, 7) is 0.263. The summed E-state index contributed by atoms with van der Waals surface area (Å²) in [6.07, 6.45) is -7.06. The van der Waals surface area contributed by atoms with Crippen LogP contribution in [-0.4, -0.2) is 85.4 Å². The SMILES string of the molecule is CC(=O)N[C@H]([C@H](O)[C@H](O)CO)[C@H]1OC(O)(C(=O)O)C[C@H]1O. The third-order valence-corrected chi connectivity index (χ3v) is 3.20. The molecule has 7 N–H and O–H groups in total. The standard InChI is InChI=1S/C11H19NO9/c1-4(14)12-7(8(17)6(16)3-13)9-5(15)2-11(20,21-9)10(18)19/h5-9,13,15-17,20H,2-3H2,1H3,(H,12,14)(H,18,19)/t5-,6-,7-,8-,9+,11?/m1/s1. The van der Waals surface area contributed by atoms with Crippen molar-refractivity contribution in [3.63, 3.8) is 0 Å². The number of carboxylic acid groups (broad SMARTS) is 1. The molecular weight excluding hydrogens is 290 g/mol. The Bertz CT molecular complexity index is 403. The molecule has 1 saturated heterocycles. The number of carbonyl (C=O) groups excluding carboxylic acids is 1. The molecule has 0 radical (unpaired) electrons. The minimum atomic E-state index is -2.66. The molecule has 1 aliphatic heterocycles. The van der Waals surface area contributed by atoms with E-state index in [-0.39, 0.29) is 0 Å². The lowest BCUT2D eigenvalue weighted by Gasteiger charge is -2.32. The van der Waals surface area contributed by atoms with Crippen LogP contribution in [0, 0.1) is 0 Å². The van der Waals surface area contributed by atoms with Crippen LogP contribution < -0.4 is 5.32 Å². The van der Waals surface area contributed by atoms with E-state index in [1.54, 1.807) is 0 Å². The highest BCUT2D eigenvalue weighted by atomic mass is 16.7. The summed E-state index contributed by atoms with van der Waals surface area (Å²) in [5.74, 6) is -5.04. The van der Waals surface area contributed by atoms with E-state index < -0.39 is 61.1 Å². The summed E-state index contributed by atoms with van der Waals surface area (Å²) in [6, 6.07) is -1.42. The molecule has 0 saturated carbocycles. The molecule has 0 aliphatic carbocycles. The average Bonchev–Trinajstić information content (AvgIpc) is 2.70. The zero-order valence-electron chi connectivity index (χ0n) is 11.2. The molecule has 122 valence electrons. The molecule has 0 spiro atoms. The number of carbonyl (C=O) groups is 2. The molecule has 1 unspecified atom stereocenters. The molecular formula is C11H19NO9. The van der Waals surface area contributed by atoms with Crippen LogP contribution in [0.2, 0.25) is 0 Å². The molecule has 6 atom stereocenters. The van der Waals surface area contributed by atoms with Crippen molar-refractivity contribution in [3.05, 3.63) is 0 Å². The maximum atomic E-state index is 11.1. The third kappa shape index (κ3) is 3.87. The van der Waals surface area contributed by atoms with Gasteiger partial charge in [0.05, 0.1) is 18.8 Å². The fraction of sp³-hybridized carbons (Fsp3) is 0.818. The second-order valence-corrected chi connectivity index (χ2v) is 4.91. The highest BCUT2D eigenvalue weighted by molar-refractivity contribution is 5.76. The van der Waals surface area contributed by atoms with Gasteiger partial charge in [-0.2, -0.15) is 0 Å². The number of ether oxygens (including phenoxy) is 1. The number of rotatable bonds is 6. The van der Waals surface area contributed by atoms with Gasteiger partial charge in [0, 0.05) is 13.3 Å². The number of carboxylic acids is 1. The Morgan fingerprint density at radius 1 is 1.43 bits per heavy atom. The van der Waals surface area contributed by atoms with Gasteiger partial charge in [0.25, 0.3) is 5.79 Å². The van der Waals surface area contributed by atoms with E-state index in [9.17, 15) is 30.0 Å². The van der Waals surface area contributed by atoms with Crippen molar-refractivity contribution in [2.75, 3.05) is 6.61 Å². The third-order valence-electron chi connectivity index (χ3n) is 3.20. The number of amides is 1. The molecule has 10 nitrogen and oxygen atoms in total. The van der Waals surface area contributed by atoms with Gasteiger partial charge in [-0.25, -0.2) is 4.79 Å². The smallest absolute Gasteiger partial charge is 0.364 e. The van der Waals surface area contributed by atoms with Gasteiger partial charge in [0.15, 0.2) is 0 Å². The molecule has 1 aliphatic rings. The molecule has 1 fully saturated rings. The van der Waals surface area contributed by atoms with Gasteiger partial charge in [0.2, 0.25) is 5.91 Å². The molecule has 1 rings (SSSR count). The van der Waals surface area contributed by atoms with Crippen molar-refractivity contribution < 1.29 is 45.0 Å². The van der Waals surface area contributed by atoms with Gasteiger partial charge in [-0.05, 0) is 0 Å². The Labute approximate surface area is 119 Å². The normalized spacial score (nSPS) is 33.2. The van der Waals surface area contributed by atoms with E-state index in [4.69, 9.17) is 14.9 Å². The minimum absolute atomic E-state index is 0.647. The lowest BCUT2D eigenvalue weighted by molar-refractivity contribution is -0.223. The fourth-order valence-corrected chi connectivity index (χ4v) is 2.15. The summed E-state index contributed by atoms with van der Waals surface area (Å²) < 4.78 is 4.84. The lowest BCUT2D eigenvalue weighted by atomic mass is 9.96. The first-order chi connectivity index (χ1) is 9.62. The van der Waals surface area contributed by atoms with E-state index in [0.717, 1.165) is 6.92 Å². The van der Waals surface area contributed by atoms with Crippen LogP contribution in [0.4, 0.5) is 0 Å². The van der Waals surface area contributed by atoms with Gasteiger partial charge < -0.3 is 40.7 Å². The van der Waals surface area contributed by atoms with Gasteiger partial charge in [-0.3, -0.25) is 4.79 Å². The first-order valence-corrected chi connectivity index (χ1v) is 6.18. The summed E-state index contributed by atoms with van der Waals surface area (Å²) in [5, 5.41) is 58.6. The Morgan fingerprint density at radius 3 is 2.38 bits per heavy atom. The molecule has 1 heterocycles. The average molecular weight is 309 g/mol. The number of hydrogen-bond donors (Lipinski definition) is 7. The molecule has 10 heteroatoms. The Hall–Kier alpha value is -1.30. The van der Waals surface area contributed by atoms with Crippen LogP contribution in [0.1, 0.15) is 13.3 Å². The van der Waals surface area contributed by atoms with Crippen LogP contribution in [-0.2, 0) is 14.3 Å². The number of aliphatic carboxylic acids is 1. The van der Waals surface area contributed by atoms with Crippen molar-refractivity contribution in [2.45, 2.75) is 49.6 Å². The van der Waals surface area contributed by atoms with Crippen molar-refractivity contribution in [1.29, 1.82) is 0 Å². The number of hydrogen-bond acceptors (Lipinski definition) is 8. The van der Waals surface area contributed by atoms with E-state index in [1.165, 1.54) is 0 Å². The molecule has 1 amide bonds. The Balaban J connectivity index is 2.98. The molecule has 0 aromatic heterocycles. The highest BCUT2D eigenvalue weighted by Crippen LogP contribution is 2.31. The van der Waals surface area contributed by atoms with E-state index in [1.807, 2.05) is 0 Å². The van der Waals surface area contributed by atoms with Gasteiger partial charge in [-0.1, -0.05) is 0 Å². The first kappa shape index (κ1) is 17.8. The second kappa shape index (κ2) is 6.64. The quantitative estimate of drug-likeness (QED) is 0.258. The minimum Gasteiger partial charge on any atom is -0.477 e. The monoisotopic (exact) mass is 309 g/mol. The zero-order valence-corrected chi connectivity index (χ0v) is 11.2. The fourth-order valence-electron chi connectivity index (χ4n) is 2.15.